The lowest BCUT2D eigenvalue weighted by Gasteiger charge is -2.15. The fourth-order valence-electron chi connectivity index (χ4n) is 3.63. The van der Waals surface area contributed by atoms with Crippen molar-refractivity contribution in [2.75, 3.05) is 11.9 Å². The number of tetrazole rings is 1. The zero-order chi connectivity index (χ0) is 29.0. The van der Waals surface area contributed by atoms with E-state index in [0.29, 0.717) is 10.2 Å². The van der Waals surface area contributed by atoms with Crippen molar-refractivity contribution < 1.29 is 22.8 Å². The Morgan fingerprint density at radius 1 is 1.23 bits per heavy atom. The molecule has 202 valence electrons. The topological polar surface area (TPSA) is 156 Å². The Labute approximate surface area is 228 Å². The Balaban J connectivity index is 1.78. The molecule has 0 unspecified atom stereocenters. The number of carbonyl (C=O) groups is 2. The molecular weight excluding hydrogens is 553 g/mol. The van der Waals surface area contributed by atoms with Gasteiger partial charge in [0.2, 0.25) is 0 Å². The van der Waals surface area contributed by atoms with E-state index in [0.717, 1.165) is 4.68 Å². The monoisotopic (exact) mass is 568 g/mol. The summed E-state index contributed by atoms with van der Waals surface area (Å²) in [6.07, 6.45) is 1.76. The molecule has 0 atom stereocenters. The van der Waals surface area contributed by atoms with E-state index in [1.807, 2.05) is 6.07 Å². The highest BCUT2D eigenvalue weighted by Crippen LogP contribution is 2.28. The van der Waals surface area contributed by atoms with Crippen LogP contribution in [0.5, 0.6) is 0 Å². The molecule has 0 spiro atoms. The van der Waals surface area contributed by atoms with E-state index in [-0.39, 0.29) is 45.6 Å². The van der Waals surface area contributed by atoms with Gasteiger partial charge in [-0.2, -0.15) is 23.5 Å². The number of amides is 2. The Kier molecular flexibility index (Phi) is 7.78. The molecule has 2 amide bonds. The summed E-state index contributed by atoms with van der Waals surface area (Å²) in [5.41, 5.74) is 0.356. The number of pyridine rings is 1. The quantitative estimate of drug-likeness (QED) is 0.322. The summed E-state index contributed by atoms with van der Waals surface area (Å²) in [4.78, 5) is 30.5. The van der Waals surface area contributed by atoms with Gasteiger partial charge in [-0.3, -0.25) is 9.59 Å². The summed E-state index contributed by atoms with van der Waals surface area (Å²) < 4.78 is 41.4. The second-order valence-electron chi connectivity index (χ2n) is 8.07. The molecule has 16 heteroatoms. The number of anilines is 1. The number of benzene rings is 1. The van der Waals surface area contributed by atoms with Crippen LogP contribution in [0.1, 0.15) is 43.5 Å². The second kappa shape index (κ2) is 11.2. The van der Waals surface area contributed by atoms with E-state index in [1.165, 1.54) is 36.5 Å². The maximum absolute atomic E-state index is 13.6. The van der Waals surface area contributed by atoms with E-state index < -0.39 is 30.4 Å². The van der Waals surface area contributed by atoms with Crippen molar-refractivity contribution in [3.63, 3.8) is 0 Å². The maximum Gasteiger partial charge on any atom is 0.453 e. The molecule has 12 nitrogen and oxygen atoms in total. The van der Waals surface area contributed by atoms with Crippen LogP contribution in [-0.2, 0) is 12.7 Å². The van der Waals surface area contributed by atoms with Gasteiger partial charge in [0.15, 0.2) is 5.82 Å². The smallest absolute Gasteiger partial charge is 0.341 e. The third kappa shape index (κ3) is 5.74. The zero-order valence-corrected chi connectivity index (χ0v) is 21.1. The van der Waals surface area contributed by atoms with Gasteiger partial charge in [0.05, 0.1) is 46.7 Å². The number of hydrogen-bond donors (Lipinski definition) is 2. The van der Waals surface area contributed by atoms with Crippen molar-refractivity contribution in [1.82, 2.24) is 40.3 Å². The number of aromatic nitrogens is 7. The molecule has 0 saturated carbocycles. The molecular formula is C24H16ClF3N10O2. The first-order valence-corrected chi connectivity index (χ1v) is 11.5. The lowest BCUT2D eigenvalue weighted by atomic mass is 10.0. The summed E-state index contributed by atoms with van der Waals surface area (Å²) in [6, 6.07) is 8.90. The predicted molar refractivity (Wildman–Crippen MR) is 133 cm³/mol. The van der Waals surface area contributed by atoms with Gasteiger partial charge in [0.25, 0.3) is 17.6 Å². The molecule has 40 heavy (non-hydrogen) atoms. The van der Waals surface area contributed by atoms with Gasteiger partial charge in [0, 0.05) is 6.20 Å². The van der Waals surface area contributed by atoms with E-state index in [4.69, 9.17) is 18.0 Å². The average Bonchev–Trinajstić information content (AvgIpc) is 3.56. The number of carbonyl (C=O) groups excluding carboxylic acids is 2. The molecule has 0 fully saturated rings. The Morgan fingerprint density at radius 3 is 2.67 bits per heavy atom. The highest BCUT2D eigenvalue weighted by atomic mass is 35.5. The number of rotatable bonds is 7. The molecule has 0 aliphatic carbocycles. The molecule has 0 saturated heterocycles. The molecule has 0 radical (unpaired) electrons. The summed E-state index contributed by atoms with van der Waals surface area (Å²) in [5.74, 6) is -0.547. The second-order valence-corrected chi connectivity index (χ2v) is 8.48. The number of nitrogens with zero attached hydrogens (tertiary/aromatic N) is 8. The third-order valence-electron chi connectivity index (χ3n) is 5.33. The van der Waals surface area contributed by atoms with Crippen LogP contribution in [0.15, 0.2) is 36.5 Å². The minimum atomic E-state index is -4.83. The average molecular weight is 569 g/mol. The van der Waals surface area contributed by atoms with Gasteiger partial charge in [-0.15, -0.1) is 11.5 Å². The summed E-state index contributed by atoms with van der Waals surface area (Å²) in [7, 11) is 0. The SMILES string of the molecule is C#CCNC(=O)c1cc(C#N)cc(C)c1NC(=O)c1cc(Cn2nnnc2C(F)(F)F)nn1-c1ncccc1Cl. The number of aryl methyl sites for hydroxylation is 1. The Bertz CT molecular complexity index is 1700. The van der Waals surface area contributed by atoms with Crippen molar-refractivity contribution in [2.45, 2.75) is 19.6 Å². The first-order chi connectivity index (χ1) is 19.0. The van der Waals surface area contributed by atoms with Crippen LogP contribution in [0.3, 0.4) is 0 Å². The number of terminal acetylenes is 1. The molecule has 0 bridgehead atoms. The Morgan fingerprint density at radius 2 is 2.00 bits per heavy atom. The van der Waals surface area contributed by atoms with Gasteiger partial charge >= 0.3 is 6.18 Å². The molecule has 4 rings (SSSR count). The molecule has 0 aliphatic rings. The minimum absolute atomic E-state index is 0.0110. The number of alkyl halides is 3. The molecule has 4 aromatic rings. The number of hydrogen-bond acceptors (Lipinski definition) is 8. The van der Waals surface area contributed by atoms with E-state index in [1.54, 1.807) is 6.92 Å². The van der Waals surface area contributed by atoms with E-state index >= 15 is 0 Å². The van der Waals surface area contributed by atoms with Crippen molar-refractivity contribution in [3.05, 3.63) is 75.5 Å². The Hall–Kier alpha value is -5.28. The van der Waals surface area contributed by atoms with Gasteiger partial charge in [-0.05, 0) is 53.2 Å². The highest BCUT2D eigenvalue weighted by Gasteiger charge is 2.38. The van der Waals surface area contributed by atoms with Gasteiger partial charge in [-0.25, -0.2) is 14.3 Å². The van der Waals surface area contributed by atoms with Crippen molar-refractivity contribution in [3.8, 4) is 24.2 Å². The lowest BCUT2D eigenvalue weighted by Crippen LogP contribution is -2.26. The van der Waals surface area contributed by atoms with Crippen LogP contribution in [0.2, 0.25) is 5.02 Å². The van der Waals surface area contributed by atoms with Crippen LogP contribution in [-0.4, -0.2) is 53.3 Å². The summed E-state index contributed by atoms with van der Waals surface area (Å²) in [6.45, 7) is 0.922. The van der Waals surface area contributed by atoms with Gasteiger partial charge in [0.1, 0.15) is 5.69 Å². The zero-order valence-electron chi connectivity index (χ0n) is 20.4. The summed E-state index contributed by atoms with van der Waals surface area (Å²) in [5, 5.41) is 28.2. The number of nitriles is 1. The predicted octanol–water partition coefficient (Wildman–Crippen LogP) is 2.77. The van der Waals surface area contributed by atoms with Crippen LogP contribution in [0.25, 0.3) is 5.82 Å². The normalized spacial score (nSPS) is 11.0. The highest BCUT2D eigenvalue weighted by molar-refractivity contribution is 6.32. The van der Waals surface area contributed by atoms with Crippen molar-refractivity contribution in [1.29, 1.82) is 5.26 Å². The first-order valence-electron chi connectivity index (χ1n) is 11.1. The molecule has 1 aromatic carbocycles. The molecule has 3 aromatic heterocycles. The van der Waals surface area contributed by atoms with E-state index in [2.05, 4.69) is 42.2 Å². The van der Waals surface area contributed by atoms with Gasteiger partial charge < -0.3 is 10.6 Å². The van der Waals surface area contributed by atoms with Crippen molar-refractivity contribution in [2.24, 2.45) is 0 Å². The first kappa shape index (κ1) is 27.7. The number of halogens is 4. The minimum Gasteiger partial charge on any atom is -0.341 e. The molecule has 2 N–H and O–H groups in total. The van der Waals surface area contributed by atoms with Gasteiger partial charge in [-0.1, -0.05) is 17.5 Å². The maximum atomic E-state index is 13.6. The molecule has 0 aliphatic heterocycles. The molecule has 3 heterocycles. The van der Waals surface area contributed by atoms with Crippen molar-refractivity contribution >= 4 is 29.1 Å². The van der Waals surface area contributed by atoms with Crippen LogP contribution in [0, 0.1) is 30.6 Å². The largest absolute Gasteiger partial charge is 0.453 e. The van der Waals surface area contributed by atoms with Crippen LogP contribution < -0.4 is 10.6 Å². The fourth-order valence-corrected chi connectivity index (χ4v) is 3.83. The van der Waals surface area contributed by atoms with Crippen LogP contribution >= 0.6 is 11.6 Å². The standard InChI is InChI=1S/C24H16ClF3N10O2/c1-3-6-31-21(39)16-9-14(11-29)8-13(2)19(16)32-22(40)18-10-15(12-37-23(24(26,27)28)33-35-36-37)34-38(18)20-17(25)5-4-7-30-20/h1,4-5,7-10H,6,12H2,2H3,(H,31,39)(H,32,40). The van der Waals surface area contributed by atoms with E-state index in [9.17, 15) is 28.0 Å². The lowest BCUT2D eigenvalue weighted by molar-refractivity contribution is -0.147. The third-order valence-corrected chi connectivity index (χ3v) is 5.62. The summed E-state index contributed by atoms with van der Waals surface area (Å²) >= 11 is 6.27. The number of nitrogens with one attached hydrogen (secondary N) is 2. The fraction of sp³-hybridized carbons (Fsp3) is 0.167. The van der Waals surface area contributed by atoms with Crippen LogP contribution in [0.4, 0.5) is 18.9 Å².